The zero-order valence-corrected chi connectivity index (χ0v) is 15.4. The van der Waals surface area contributed by atoms with Crippen LogP contribution in [0.4, 0.5) is 5.69 Å². The highest BCUT2D eigenvalue weighted by Gasteiger charge is 2.24. The number of amides is 1. The molecular weight excluding hydrogens is 343 g/mol. The van der Waals surface area contributed by atoms with E-state index in [4.69, 9.17) is 23.2 Å². The maximum absolute atomic E-state index is 12.7. The van der Waals surface area contributed by atoms with Crippen LogP contribution in [-0.4, -0.2) is 37.0 Å². The van der Waals surface area contributed by atoms with Gasteiger partial charge in [0, 0.05) is 36.9 Å². The summed E-state index contributed by atoms with van der Waals surface area (Å²) in [6.07, 6.45) is 0. The van der Waals surface area contributed by atoms with Crippen LogP contribution in [0.1, 0.15) is 21.5 Å². The number of rotatable bonds is 2. The van der Waals surface area contributed by atoms with E-state index in [0.717, 1.165) is 13.1 Å². The number of piperazine rings is 1. The fourth-order valence-electron chi connectivity index (χ4n) is 3.06. The van der Waals surface area contributed by atoms with E-state index in [-0.39, 0.29) is 5.91 Å². The lowest BCUT2D eigenvalue weighted by Gasteiger charge is -2.37. The van der Waals surface area contributed by atoms with Crippen molar-refractivity contribution in [3.05, 3.63) is 63.1 Å². The number of nitrogens with zero attached hydrogens (tertiary/aromatic N) is 2. The molecule has 1 aliphatic heterocycles. The second-order valence-corrected chi connectivity index (χ2v) is 6.97. The Bertz CT molecular complexity index is 768. The number of benzene rings is 2. The lowest BCUT2D eigenvalue weighted by atomic mass is 10.1. The monoisotopic (exact) mass is 362 g/mol. The fourth-order valence-corrected chi connectivity index (χ4v) is 3.43. The highest BCUT2D eigenvalue weighted by atomic mass is 35.5. The molecule has 1 heterocycles. The smallest absolute Gasteiger partial charge is 0.255 e. The van der Waals surface area contributed by atoms with Crippen molar-refractivity contribution < 1.29 is 4.79 Å². The van der Waals surface area contributed by atoms with E-state index < -0.39 is 0 Å². The number of anilines is 1. The van der Waals surface area contributed by atoms with Gasteiger partial charge in [-0.2, -0.15) is 0 Å². The summed E-state index contributed by atoms with van der Waals surface area (Å²) in [6.45, 7) is 7.25. The molecule has 0 bridgehead atoms. The number of hydrogen-bond donors (Lipinski definition) is 0. The van der Waals surface area contributed by atoms with E-state index in [1.807, 2.05) is 4.90 Å². The molecule has 1 amide bonds. The molecule has 126 valence electrons. The molecule has 0 saturated carbocycles. The predicted octanol–water partition coefficient (Wildman–Crippen LogP) is 4.57. The first-order valence-corrected chi connectivity index (χ1v) is 8.78. The summed E-state index contributed by atoms with van der Waals surface area (Å²) < 4.78 is 0. The molecule has 24 heavy (non-hydrogen) atoms. The molecule has 0 aliphatic carbocycles. The average molecular weight is 363 g/mol. The zero-order chi connectivity index (χ0) is 17.3. The van der Waals surface area contributed by atoms with Crippen molar-refractivity contribution in [3.63, 3.8) is 0 Å². The Morgan fingerprint density at radius 1 is 1.00 bits per heavy atom. The summed E-state index contributed by atoms with van der Waals surface area (Å²) in [5, 5.41) is 0.970. The van der Waals surface area contributed by atoms with Crippen LogP contribution in [-0.2, 0) is 0 Å². The second-order valence-electron chi connectivity index (χ2n) is 6.12. The highest BCUT2D eigenvalue weighted by Crippen LogP contribution is 2.26. The Labute approximate surface area is 152 Å². The Morgan fingerprint density at radius 3 is 2.42 bits per heavy atom. The summed E-state index contributed by atoms with van der Waals surface area (Å²) in [5.74, 6) is -0.0527. The Kier molecular flexibility index (Phi) is 5.02. The number of halogens is 2. The van der Waals surface area contributed by atoms with Crippen LogP contribution >= 0.6 is 23.2 Å². The van der Waals surface area contributed by atoms with Gasteiger partial charge in [-0.1, -0.05) is 35.3 Å². The van der Waals surface area contributed by atoms with Gasteiger partial charge in [-0.3, -0.25) is 4.79 Å². The van der Waals surface area contributed by atoms with E-state index in [0.29, 0.717) is 28.7 Å². The van der Waals surface area contributed by atoms with Crippen LogP contribution in [0.15, 0.2) is 36.4 Å². The summed E-state index contributed by atoms with van der Waals surface area (Å²) in [7, 11) is 0. The predicted molar refractivity (Wildman–Crippen MR) is 100 cm³/mol. The molecule has 1 fully saturated rings. The molecule has 0 N–H and O–H groups in total. The molecule has 5 heteroatoms. The normalized spacial score (nSPS) is 14.8. The van der Waals surface area contributed by atoms with Gasteiger partial charge < -0.3 is 9.80 Å². The van der Waals surface area contributed by atoms with Gasteiger partial charge in [0.2, 0.25) is 0 Å². The molecule has 0 atom stereocenters. The second kappa shape index (κ2) is 7.04. The molecule has 2 aromatic rings. The zero-order valence-electron chi connectivity index (χ0n) is 13.9. The Balaban J connectivity index is 1.72. The molecule has 2 aromatic carbocycles. The first-order valence-electron chi connectivity index (χ1n) is 8.03. The molecule has 1 aliphatic rings. The largest absolute Gasteiger partial charge is 0.368 e. The summed E-state index contributed by atoms with van der Waals surface area (Å²) in [5.41, 5.74) is 4.32. The standard InChI is InChI=1S/C19H20Cl2N2O/c1-13-4-3-5-18(14(13)2)22-8-10-23(11-9-22)19(24)16-12-15(20)6-7-17(16)21/h3-7,12H,8-11H2,1-2H3. The van der Waals surface area contributed by atoms with Gasteiger partial charge >= 0.3 is 0 Å². The van der Waals surface area contributed by atoms with Crippen molar-refractivity contribution >= 4 is 34.8 Å². The van der Waals surface area contributed by atoms with Crippen molar-refractivity contribution in [3.8, 4) is 0 Å². The lowest BCUT2D eigenvalue weighted by molar-refractivity contribution is 0.0747. The van der Waals surface area contributed by atoms with E-state index in [9.17, 15) is 4.79 Å². The van der Waals surface area contributed by atoms with Gasteiger partial charge in [0.05, 0.1) is 10.6 Å². The molecule has 0 spiro atoms. The minimum absolute atomic E-state index is 0.0527. The summed E-state index contributed by atoms with van der Waals surface area (Å²) in [6, 6.07) is 11.4. The molecule has 3 rings (SSSR count). The van der Waals surface area contributed by atoms with Crippen LogP contribution in [0.25, 0.3) is 0 Å². The van der Waals surface area contributed by atoms with Crippen LogP contribution in [0.5, 0.6) is 0 Å². The van der Waals surface area contributed by atoms with Gasteiger partial charge in [-0.05, 0) is 49.2 Å². The van der Waals surface area contributed by atoms with Crippen LogP contribution < -0.4 is 4.90 Å². The minimum Gasteiger partial charge on any atom is -0.368 e. The SMILES string of the molecule is Cc1cccc(N2CCN(C(=O)c3cc(Cl)ccc3Cl)CC2)c1C. The van der Waals surface area contributed by atoms with Gasteiger partial charge in [0.25, 0.3) is 5.91 Å². The number of carbonyl (C=O) groups excluding carboxylic acids is 1. The van der Waals surface area contributed by atoms with E-state index in [2.05, 4.69) is 36.9 Å². The number of hydrogen-bond acceptors (Lipinski definition) is 2. The average Bonchev–Trinajstić information content (AvgIpc) is 2.59. The third-order valence-corrected chi connectivity index (χ3v) is 5.21. The van der Waals surface area contributed by atoms with Crippen LogP contribution in [0.2, 0.25) is 10.0 Å². The Hall–Kier alpha value is -1.71. The van der Waals surface area contributed by atoms with Gasteiger partial charge in [0.15, 0.2) is 0 Å². The van der Waals surface area contributed by atoms with E-state index in [1.165, 1.54) is 16.8 Å². The van der Waals surface area contributed by atoms with Crippen molar-refractivity contribution in [2.24, 2.45) is 0 Å². The third-order valence-electron chi connectivity index (χ3n) is 4.64. The number of aryl methyl sites for hydroxylation is 1. The first-order chi connectivity index (χ1) is 11.5. The Morgan fingerprint density at radius 2 is 1.71 bits per heavy atom. The third kappa shape index (κ3) is 3.38. The van der Waals surface area contributed by atoms with Crippen molar-refractivity contribution in [1.29, 1.82) is 0 Å². The van der Waals surface area contributed by atoms with Crippen molar-refractivity contribution in [1.82, 2.24) is 4.90 Å². The first kappa shape index (κ1) is 17.1. The molecular formula is C19H20Cl2N2O. The topological polar surface area (TPSA) is 23.6 Å². The minimum atomic E-state index is -0.0527. The van der Waals surface area contributed by atoms with Gasteiger partial charge in [-0.25, -0.2) is 0 Å². The molecule has 1 saturated heterocycles. The number of carbonyl (C=O) groups is 1. The molecule has 0 unspecified atom stereocenters. The highest BCUT2D eigenvalue weighted by molar-refractivity contribution is 6.35. The lowest BCUT2D eigenvalue weighted by Crippen LogP contribution is -2.49. The summed E-state index contributed by atoms with van der Waals surface area (Å²) in [4.78, 5) is 16.9. The van der Waals surface area contributed by atoms with Crippen LogP contribution in [0.3, 0.4) is 0 Å². The maximum Gasteiger partial charge on any atom is 0.255 e. The maximum atomic E-state index is 12.7. The quantitative estimate of drug-likeness (QED) is 0.780. The molecule has 3 nitrogen and oxygen atoms in total. The molecule has 0 aromatic heterocycles. The van der Waals surface area contributed by atoms with Gasteiger partial charge in [0.1, 0.15) is 0 Å². The van der Waals surface area contributed by atoms with E-state index in [1.54, 1.807) is 18.2 Å². The fraction of sp³-hybridized carbons (Fsp3) is 0.316. The van der Waals surface area contributed by atoms with Gasteiger partial charge in [-0.15, -0.1) is 0 Å². The molecule has 0 radical (unpaired) electrons. The van der Waals surface area contributed by atoms with E-state index >= 15 is 0 Å². The van der Waals surface area contributed by atoms with Crippen LogP contribution in [0, 0.1) is 13.8 Å². The van der Waals surface area contributed by atoms with Crippen molar-refractivity contribution in [2.45, 2.75) is 13.8 Å². The summed E-state index contributed by atoms with van der Waals surface area (Å²) >= 11 is 12.2. The van der Waals surface area contributed by atoms with Crippen molar-refractivity contribution in [2.75, 3.05) is 31.1 Å².